The highest BCUT2D eigenvalue weighted by atomic mass is 79.9. The van der Waals surface area contributed by atoms with Crippen LogP contribution in [-0.4, -0.2) is 73.1 Å². The van der Waals surface area contributed by atoms with Crippen molar-refractivity contribution in [2.75, 3.05) is 54.1 Å². The van der Waals surface area contributed by atoms with Crippen molar-refractivity contribution >= 4 is 9.05 Å². The molecule has 0 atom stereocenters. The molecule has 0 aliphatic rings. The van der Waals surface area contributed by atoms with Crippen LogP contribution >= 0.6 is 0 Å². The number of hydrogen-bond donors (Lipinski definition) is 0. The lowest BCUT2D eigenvalue weighted by Crippen LogP contribution is -3.00. The smallest absolute Gasteiger partial charge is 0.679 e. The standard InChI is InChI=1S/C19H42N.C8H20O4Si.BrH.H2O/c1-5-6-7-8-9-10-11-12-13-14-15-16-17-18-19-20(2,3)4;1-5-9-13(10-6-2,11-7-3)12-8-4;;/h5-19H2,1-4H3;5-8H2,1-4H3;1H;1H2/q+1;;;/p-1. The van der Waals surface area contributed by atoms with E-state index in [1.54, 1.807) is 0 Å². The Morgan fingerprint density at radius 2 is 0.714 bits per heavy atom. The molecule has 0 fully saturated rings. The Kier molecular flexibility index (Phi) is 37.3. The van der Waals surface area contributed by atoms with E-state index >= 15 is 0 Å². The van der Waals surface area contributed by atoms with Gasteiger partial charge in [0.1, 0.15) is 0 Å². The van der Waals surface area contributed by atoms with Crippen LogP contribution in [0.1, 0.15) is 125 Å². The van der Waals surface area contributed by atoms with Gasteiger partial charge < -0.3 is 44.6 Å². The van der Waals surface area contributed by atoms with Crippen LogP contribution in [0.2, 0.25) is 0 Å². The second kappa shape index (κ2) is 30.7. The molecule has 218 valence electrons. The van der Waals surface area contributed by atoms with Crippen molar-refractivity contribution in [1.29, 1.82) is 0 Å². The van der Waals surface area contributed by atoms with Crippen LogP contribution in [-0.2, 0) is 17.7 Å². The molecule has 0 amide bonds. The molecule has 2 N–H and O–H groups in total. The minimum Gasteiger partial charge on any atom is -1.00 e. The SMILES string of the molecule is CCCCCCCCCCCCCCCC[N+](C)(C)C.CCO[Si](OCC)(OCC)OCC.O.[Br-]. The molecule has 0 radical (unpaired) electrons. The van der Waals surface area contributed by atoms with Crippen molar-refractivity contribution in [2.24, 2.45) is 0 Å². The van der Waals surface area contributed by atoms with Gasteiger partial charge in [-0.2, -0.15) is 0 Å². The number of unbranched alkanes of at least 4 members (excludes halogenated alkanes) is 13. The minimum atomic E-state index is -2.80. The van der Waals surface area contributed by atoms with Gasteiger partial charge in [-0.15, -0.1) is 0 Å². The number of nitrogens with zero attached hydrogens (tertiary/aromatic N) is 1. The Labute approximate surface area is 232 Å². The summed E-state index contributed by atoms with van der Waals surface area (Å²) in [5.41, 5.74) is 0. The molecule has 0 aromatic rings. The first-order valence-electron chi connectivity index (χ1n) is 14.2. The summed E-state index contributed by atoms with van der Waals surface area (Å²) in [4.78, 5) is 0. The van der Waals surface area contributed by atoms with E-state index in [-0.39, 0.29) is 22.5 Å². The lowest BCUT2D eigenvalue weighted by atomic mass is 10.0. The minimum absolute atomic E-state index is 0. The van der Waals surface area contributed by atoms with Gasteiger partial charge in [-0.05, 0) is 40.5 Å². The fourth-order valence-corrected chi connectivity index (χ4v) is 5.65. The van der Waals surface area contributed by atoms with Crippen LogP contribution in [0.5, 0.6) is 0 Å². The zero-order valence-corrected chi connectivity index (χ0v) is 27.5. The van der Waals surface area contributed by atoms with E-state index in [1.165, 1.54) is 96.4 Å². The second-order valence-electron chi connectivity index (χ2n) is 9.84. The van der Waals surface area contributed by atoms with Crippen molar-refractivity contribution in [1.82, 2.24) is 0 Å². The maximum atomic E-state index is 5.42. The molecule has 0 aromatic heterocycles. The van der Waals surface area contributed by atoms with Crippen LogP contribution in [0.4, 0.5) is 0 Å². The van der Waals surface area contributed by atoms with Crippen molar-refractivity contribution in [3.8, 4) is 0 Å². The van der Waals surface area contributed by atoms with Gasteiger partial charge in [-0.25, -0.2) is 0 Å². The predicted molar refractivity (Wildman–Crippen MR) is 149 cm³/mol. The van der Waals surface area contributed by atoms with Gasteiger partial charge in [0.05, 0.1) is 27.7 Å². The largest absolute Gasteiger partial charge is 1.00 e. The quantitative estimate of drug-likeness (QED) is 0.103. The third-order valence-electron chi connectivity index (χ3n) is 5.47. The van der Waals surface area contributed by atoms with Gasteiger partial charge in [-0.1, -0.05) is 84.0 Å². The van der Waals surface area contributed by atoms with Crippen molar-refractivity contribution in [3.05, 3.63) is 0 Å². The molecule has 0 aliphatic heterocycles. The van der Waals surface area contributed by atoms with Gasteiger partial charge in [0, 0.05) is 26.4 Å². The number of quaternary nitrogens is 1. The summed E-state index contributed by atoms with van der Waals surface area (Å²) >= 11 is 0. The Morgan fingerprint density at radius 3 is 0.943 bits per heavy atom. The van der Waals surface area contributed by atoms with Crippen LogP contribution in [0.3, 0.4) is 0 Å². The molecule has 0 saturated heterocycles. The highest BCUT2D eigenvalue weighted by Crippen LogP contribution is 2.13. The van der Waals surface area contributed by atoms with E-state index in [0.717, 1.165) is 4.48 Å². The molecule has 8 heteroatoms. The Balaban J connectivity index is -0.000000281. The first kappa shape index (κ1) is 42.5. The lowest BCUT2D eigenvalue weighted by Gasteiger charge is -2.26. The summed E-state index contributed by atoms with van der Waals surface area (Å²) < 4.78 is 22.8. The van der Waals surface area contributed by atoms with E-state index in [4.69, 9.17) is 17.7 Å². The summed E-state index contributed by atoms with van der Waals surface area (Å²) in [5, 5.41) is 0. The zero-order chi connectivity index (χ0) is 25.3. The normalized spacial score (nSPS) is 11.3. The van der Waals surface area contributed by atoms with Gasteiger partial charge in [-0.3, -0.25) is 0 Å². The molecule has 0 unspecified atom stereocenters. The molecule has 35 heavy (non-hydrogen) atoms. The summed E-state index contributed by atoms with van der Waals surface area (Å²) in [5.74, 6) is 0. The molecule has 0 heterocycles. The topological polar surface area (TPSA) is 68.4 Å². The molecule has 0 spiro atoms. The van der Waals surface area contributed by atoms with Gasteiger partial charge in [0.2, 0.25) is 0 Å². The molecule has 0 saturated carbocycles. The number of hydrogen-bond acceptors (Lipinski definition) is 4. The van der Waals surface area contributed by atoms with E-state index in [2.05, 4.69) is 28.1 Å². The molecule has 0 aromatic carbocycles. The fourth-order valence-electron chi connectivity index (χ4n) is 3.74. The molecule has 0 bridgehead atoms. The summed E-state index contributed by atoms with van der Waals surface area (Å²) in [6.07, 6.45) is 20.4. The Morgan fingerprint density at radius 1 is 0.457 bits per heavy atom. The molecular formula is C27H64BrNO5Si. The van der Waals surface area contributed by atoms with Gasteiger partial charge in [0.25, 0.3) is 0 Å². The summed E-state index contributed by atoms with van der Waals surface area (Å²) in [6, 6.07) is 0. The highest BCUT2D eigenvalue weighted by molar-refractivity contribution is 6.53. The third-order valence-corrected chi connectivity index (χ3v) is 8.04. The van der Waals surface area contributed by atoms with Gasteiger partial charge >= 0.3 is 9.05 Å². The summed E-state index contributed by atoms with van der Waals surface area (Å²) in [7, 11) is 4.09. The maximum absolute atomic E-state index is 5.42. The monoisotopic (exact) mass is 589 g/mol. The van der Waals surface area contributed by atoms with Crippen molar-refractivity contribution < 1.29 is 44.6 Å². The van der Waals surface area contributed by atoms with Crippen molar-refractivity contribution in [3.63, 3.8) is 0 Å². The maximum Gasteiger partial charge on any atom is 0.679 e. The average molecular weight is 591 g/mol. The molecule has 6 nitrogen and oxygen atoms in total. The second-order valence-corrected chi connectivity index (χ2v) is 12.0. The Hall–Kier alpha value is 0.457. The predicted octanol–water partition coefficient (Wildman–Crippen LogP) is 3.92. The lowest BCUT2D eigenvalue weighted by molar-refractivity contribution is -0.870. The van der Waals surface area contributed by atoms with Crippen LogP contribution in [0.15, 0.2) is 0 Å². The zero-order valence-electron chi connectivity index (χ0n) is 24.9. The highest BCUT2D eigenvalue weighted by Gasteiger charge is 2.44. The first-order chi connectivity index (χ1) is 15.8. The number of rotatable bonds is 23. The molecular weight excluding hydrogens is 526 g/mol. The molecule has 0 rings (SSSR count). The summed E-state index contributed by atoms with van der Waals surface area (Å²) in [6.45, 7) is 13.4. The Bertz CT molecular complexity index is 358. The first-order valence-corrected chi connectivity index (χ1v) is 15.8. The third kappa shape index (κ3) is 32.4. The van der Waals surface area contributed by atoms with Gasteiger partial charge in [0.15, 0.2) is 0 Å². The fraction of sp³-hybridized carbons (Fsp3) is 1.00. The van der Waals surface area contributed by atoms with E-state index in [0.29, 0.717) is 26.4 Å². The van der Waals surface area contributed by atoms with E-state index < -0.39 is 9.05 Å². The number of halogens is 1. The average Bonchev–Trinajstić information content (AvgIpc) is 2.74. The van der Waals surface area contributed by atoms with Crippen LogP contribution < -0.4 is 17.0 Å². The van der Waals surface area contributed by atoms with E-state index in [9.17, 15) is 0 Å². The molecule has 0 aliphatic carbocycles. The van der Waals surface area contributed by atoms with Crippen molar-refractivity contribution in [2.45, 2.75) is 125 Å². The van der Waals surface area contributed by atoms with Crippen LogP contribution in [0.25, 0.3) is 0 Å². The van der Waals surface area contributed by atoms with E-state index in [1.807, 2.05) is 27.7 Å². The van der Waals surface area contributed by atoms with Crippen LogP contribution in [0, 0.1) is 0 Å².